The number of benzene rings is 8. The Kier molecular flexibility index (Phi) is 12.5. The maximum atomic E-state index is 15.8. The minimum atomic E-state index is -1.72. The second kappa shape index (κ2) is 18.4. The molecule has 338 valence electrons. The molecule has 0 spiro atoms. The average molecular weight is 885 g/mol. The van der Waals surface area contributed by atoms with Crippen LogP contribution in [-0.4, -0.2) is 51.2 Å². The van der Waals surface area contributed by atoms with E-state index in [9.17, 15) is 15.0 Å². The summed E-state index contributed by atoms with van der Waals surface area (Å²) >= 11 is 0. The van der Waals surface area contributed by atoms with Crippen molar-refractivity contribution in [1.82, 2.24) is 4.90 Å². The number of fused-ring (bicyclic) bond motifs is 2. The second-order valence-electron chi connectivity index (χ2n) is 19.2. The van der Waals surface area contributed by atoms with Gasteiger partial charge in [0.25, 0.3) is 0 Å². The normalized spacial score (nSPS) is 15.9. The van der Waals surface area contributed by atoms with Gasteiger partial charge >= 0.3 is 0 Å². The van der Waals surface area contributed by atoms with Crippen LogP contribution in [0.3, 0.4) is 0 Å². The van der Waals surface area contributed by atoms with Gasteiger partial charge in [-0.1, -0.05) is 182 Å². The van der Waals surface area contributed by atoms with E-state index in [2.05, 4.69) is 86.6 Å². The Balaban J connectivity index is 1.31. The van der Waals surface area contributed by atoms with E-state index in [1.165, 1.54) is 0 Å². The van der Waals surface area contributed by atoms with E-state index in [1.54, 1.807) is 4.90 Å². The number of aryl methyl sites for hydroxylation is 4. The smallest absolute Gasteiger partial charge is 0.238 e. The van der Waals surface area contributed by atoms with Crippen molar-refractivity contribution >= 4 is 33.4 Å². The first-order chi connectivity index (χ1) is 32.3. The van der Waals surface area contributed by atoms with Gasteiger partial charge in [0.2, 0.25) is 11.8 Å². The Labute approximate surface area is 394 Å². The van der Waals surface area contributed by atoms with E-state index < -0.39 is 40.3 Å². The van der Waals surface area contributed by atoms with Gasteiger partial charge in [-0.05, 0) is 118 Å². The fraction of sp³-hybridized carbons (Fsp3) is 0.246. The van der Waals surface area contributed by atoms with Crippen LogP contribution in [-0.2, 0) is 22.4 Å². The lowest BCUT2D eigenvalue weighted by atomic mass is 9.69. The van der Waals surface area contributed by atoms with E-state index >= 15 is 4.79 Å². The molecule has 8 aromatic rings. The number of carbonyl (C=O) groups excluding carboxylic acids is 2. The molecule has 1 fully saturated rings. The number of rotatable bonds is 16. The van der Waals surface area contributed by atoms with Gasteiger partial charge < -0.3 is 20.8 Å². The van der Waals surface area contributed by atoms with Gasteiger partial charge in [-0.3, -0.25) is 9.59 Å². The zero-order valence-corrected chi connectivity index (χ0v) is 39.0. The number of nitrogens with two attached hydrogens (primary N) is 1. The molecule has 1 aliphatic carbocycles. The van der Waals surface area contributed by atoms with Gasteiger partial charge in [-0.15, -0.1) is 0 Å². The summed E-state index contributed by atoms with van der Waals surface area (Å²) in [5.74, 6) is -2.52. The molecule has 2 amide bonds. The van der Waals surface area contributed by atoms with Crippen molar-refractivity contribution in [3.8, 4) is 0 Å². The summed E-state index contributed by atoms with van der Waals surface area (Å²) in [7, 11) is 0. The Hall–Kier alpha value is -6.86. The van der Waals surface area contributed by atoms with Crippen LogP contribution in [0.2, 0.25) is 0 Å². The highest BCUT2D eigenvalue weighted by Crippen LogP contribution is 2.50. The summed E-state index contributed by atoms with van der Waals surface area (Å²) < 4.78 is 0. The lowest BCUT2D eigenvalue weighted by molar-refractivity contribution is -0.150. The van der Waals surface area contributed by atoms with Crippen molar-refractivity contribution in [2.45, 2.75) is 76.4 Å². The molecule has 0 radical (unpaired) electrons. The maximum Gasteiger partial charge on any atom is 0.238 e. The molecule has 6 heteroatoms. The van der Waals surface area contributed by atoms with Gasteiger partial charge in [0.05, 0.1) is 24.3 Å². The highest BCUT2D eigenvalue weighted by molar-refractivity contribution is 6.07. The van der Waals surface area contributed by atoms with Crippen LogP contribution in [0.4, 0.5) is 0 Å². The third kappa shape index (κ3) is 8.80. The molecule has 8 aromatic carbocycles. The molecule has 0 saturated heterocycles. The van der Waals surface area contributed by atoms with Crippen LogP contribution in [0, 0.1) is 33.1 Å². The first-order valence-corrected chi connectivity index (χ1v) is 23.5. The van der Waals surface area contributed by atoms with Gasteiger partial charge in [-0.25, -0.2) is 0 Å². The number of primary amides is 1. The number of aliphatic hydroxyl groups is 2. The van der Waals surface area contributed by atoms with E-state index in [0.29, 0.717) is 12.8 Å². The van der Waals surface area contributed by atoms with Crippen LogP contribution >= 0.6 is 0 Å². The highest BCUT2D eigenvalue weighted by atomic mass is 16.3. The van der Waals surface area contributed by atoms with E-state index in [0.717, 1.165) is 77.2 Å². The molecular formula is C61H60N2O4. The van der Waals surface area contributed by atoms with Crippen molar-refractivity contribution in [3.63, 3.8) is 0 Å². The highest BCUT2D eigenvalue weighted by Gasteiger charge is 2.59. The summed E-state index contributed by atoms with van der Waals surface area (Å²) in [6.07, 6.45) is 0.907. The first kappa shape index (κ1) is 45.3. The third-order valence-electron chi connectivity index (χ3n) is 14.7. The lowest BCUT2D eigenvalue weighted by Gasteiger charge is -2.46. The fourth-order valence-electron chi connectivity index (χ4n) is 10.9. The molecule has 9 rings (SSSR count). The average Bonchev–Trinajstić information content (AvgIpc) is 4.15. The molecule has 4 atom stereocenters. The number of amides is 2. The molecule has 0 heterocycles. The predicted molar refractivity (Wildman–Crippen MR) is 271 cm³/mol. The van der Waals surface area contributed by atoms with Crippen molar-refractivity contribution < 1.29 is 19.8 Å². The quantitative estimate of drug-likeness (QED) is 0.0841. The third-order valence-corrected chi connectivity index (χ3v) is 14.7. The summed E-state index contributed by atoms with van der Waals surface area (Å²) in [6.45, 7) is 7.78. The molecule has 4 unspecified atom stereocenters. The largest absolute Gasteiger partial charge is 0.387 e. The zero-order valence-electron chi connectivity index (χ0n) is 39.0. The summed E-state index contributed by atoms with van der Waals surface area (Å²) in [4.78, 5) is 31.1. The molecule has 0 aliphatic heterocycles. The Morgan fingerprint density at radius 3 is 1.22 bits per heavy atom. The van der Waals surface area contributed by atoms with Gasteiger partial charge in [0.1, 0.15) is 5.41 Å². The maximum absolute atomic E-state index is 15.8. The molecule has 1 aliphatic rings. The molecule has 1 saturated carbocycles. The van der Waals surface area contributed by atoms with E-state index in [4.69, 9.17) is 5.73 Å². The van der Waals surface area contributed by atoms with Crippen LogP contribution in [0.15, 0.2) is 182 Å². The second-order valence-corrected chi connectivity index (χ2v) is 19.2. The van der Waals surface area contributed by atoms with Gasteiger partial charge in [-0.2, -0.15) is 0 Å². The molecule has 6 nitrogen and oxygen atoms in total. The Morgan fingerprint density at radius 2 is 0.836 bits per heavy atom. The first-order valence-electron chi connectivity index (χ1n) is 23.5. The van der Waals surface area contributed by atoms with Crippen LogP contribution in [0.5, 0.6) is 0 Å². The number of hydrogen-bond acceptors (Lipinski definition) is 4. The molecular weight excluding hydrogens is 825 g/mol. The van der Waals surface area contributed by atoms with Crippen LogP contribution in [0.1, 0.15) is 80.3 Å². The van der Waals surface area contributed by atoms with Crippen molar-refractivity contribution in [1.29, 1.82) is 0 Å². The lowest BCUT2D eigenvalue weighted by Crippen LogP contribution is -2.59. The molecule has 4 N–H and O–H groups in total. The number of hydrogen-bond donors (Lipinski definition) is 3. The molecule has 0 bridgehead atoms. The van der Waals surface area contributed by atoms with Crippen molar-refractivity contribution in [3.05, 3.63) is 238 Å². The predicted octanol–water partition coefficient (Wildman–Crippen LogP) is 11.2. The SMILES string of the molecule is Cc1ccccc1CC(O)(CN(CC(O)(Cc1ccccc1C)C(c1ccccc1C)c1cccc2ccccc12)C(=O)C1(C(N)=O)CC1)C(c1ccccc1C)c1cccc2ccccc12. The topological polar surface area (TPSA) is 104 Å². The van der Waals surface area contributed by atoms with Crippen LogP contribution < -0.4 is 5.73 Å². The zero-order chi connectivity index (χ0) is 46.9. The summed E-state index contributed by atoms with van der Waals surface area (Å²) in [5.41, 5.74) is 10.8. The van der Waals surface area contributed by atoms with Crippen molar-refractivity contribution in [2.75, 3.05) is 13.1 Å². The number of carbonyl (C=O) groups is 2. The van der Waals surface area contributed by atoms with E-state index in [-0.39, 0.29) is 25.9 Å². The van der Waals surface area contributed by atoms with Crippen LogP contribution in [0.25, 0.3) is 21.5 Å². The van der Waals surface area contributed by atoms with Crippen molar-refractivity contribution in [2.24, 2.45) is 11.1 Å². The molecule has 0 aromatic heterocycles. The Bertz CT molecular complexity index is 2920. The molecule has 67 heavy (non-hydrogen) atoms. The van der Waals surface area contributed by atoms with E-state index in [1.807, 2.05) is 123 Å². The summed E-state index contributed by atoms with van der Waals surface area (Å²) in [6, 6.07) is 61.2. The number of nitrogens with zero attached hydrogens (tertiary/aromatic N) is 1. The standard InChI is InChI=1S/C61H60N2O4/c1-41-19-5-9-25-47(41)37-60(66,55(49-29-13-7-21-43(49)3)53-33-17-27-45-23-11-15-31-51(45)53)39-63(58(65)59(35-36-59)57(62)64)40-61(67,38-48-26-10-6-20-42(48)2)56(50-30-14-8-22-44(50)4)54-34-18-28-46-24-12-16-32-52(46)54/h5-34,55-56,66-67H,35-40H2,1-4H3,(H2,62,64). The fourth-order valence-corrected chi connectivity index (χ4v) is 10.9. The monoisotopic (exact) mass is 884 g/mol. The minimum absolute atomic E-state index is 0.163. The minimum Gasteiger partial charge on any atom is -0.387 e. The van der Waals surface area contributed by atoms with Gasteiger partial charge in [0.15, 0.2) is 0 Å². The summed E-state index contributed by atoms with van der Waals surface area (Å²) in [5, 5.41) is 32.8. The Morgan fingerprint density at radius 1 is 0.493 bits per heavy atom. The van der Waals surface area contributed by atoms with Gasteiger partial charge in [0, 0.05) is 24.7 Å².